The number of anilines is 1. The van der Waals surface area contributed by atoms with Crippen LogP contribution in [-0.4, -0.2) is 39.3 Å². The molecule has 6 heteroatoms. The number of piperidine rings is 2. The summed E-state index contributed by atoms with van der Waals surface area (Å²) in [5, 5.41) is -0.410. The minimum atomic E-state index is -0.575. The Balaban J connectivity index is 1.66. The molecule has 4 aliphatic rings. The third-order valence-corrected chi connectivity index (χ3v) is 8.62. The average molecular weight is 356 g/mol. The Labute approximate surface area is 150 Å². The number of thioether (sulfide) groups is 1. The maximum Gasteiger partial charge on any atom is 0.241 e. The molecule has 0 N–H and O–H groups in total. The lowest BCUT2D eigenvalue weighted by atomic mass is 9.65. The third-order valence-electron chi connectivity index (χ3n) is 6.48. The highest BCUT2D eigenvalue weighted by Crippen LogP contribution is 2.70. The van der Waals surface area contributed by atoms with Crippen molar-refractivity contribution in [2.24, 2.45) is 17.3 Å². The molecule has 4 atom stereocenters. The number of hydrogen-bond acceptors (Lipinski definition) is 4. The molecule has 4 heterocycles. The summed E-state index contributed by atoms with van der Waals surface area (Å²) in [6, 6.07) is 9.09. The van der Waals surface area contributed by atoms with Gasteiger partial charge in [0.25, 0.3) is 0 Å². The smallest absolute Gasteiger partial charge is 0.241 e. The van der Waals surface area contributed by atoms with Crippen LogP contribution < -0.4 is 4.90 Å². The van der Waals surface area contributed by atoms with Gasteiger partial charge in [0.2, 0.25) is 17.7 Å². The molecule has 0 radical (unpaired) electrons. The highest BCUT2D eigenvalue weighted by Gasteiger charge is 2.78. The fraction of sp³-hybridized carbons (Fsp3) is 0.526. The minimum Gasteiger partial charge on any atom is -0.326 e. The van der Waals surface area contributed by atoms with Crippen LogP contribution in [0.15, 0.2) is 30.3 Å². The van der Waals surface area contributed by atoms with Gasteiger partial charge in [-0.2, -0.15) is 0 Å². The second kappa shape index (κ2) is 4.67. The van der Waals surface area contributed by atoms with Gasteiger partial charge in [0.1, 0.15) is 4.87 Å². The van der Waals surface area contributed by atoms with Crippen LogP contribution in [0.4, 0.5) is 5.69 Å². The minimum absolute atomic E-state index is 0.0510. The predicted molar refractivity (Wildman–Crippen MR) is 94.8 cm³/mol. The van der Waals surface area contributed by atoms with E-state index in [1.807, 2.05) is 23.1 Å². The molecule has 130 valence electrons. The fourth-order valence-electron chi connectivity index (χ4n) is 5.41. The van der Waals surface area contributed by atoms with Gasteiger partial charge in [-0.25, -0.2) is 4.90 Å². The Bertz CT molecular complexity index is 808. The van der Waals surface area contributed by atoms with E-state index in [1.54, 1.807) is 23.9 Å². The van der Waals surface area contributed by atoms with Gasteiger partial charge in [0.05, 0.1) is 22.8 Å². The number of amides is 3. The molecular formula is C19H20N2O3S. The van der Waals surface area contributed by atoms with Gasteiger partial charge in [0, 0.05) is 6.54 Å². The Morgan fingerprint density at radius 1 is 1.04 bits per heavy atom. The van der Waals surface area contributed by atoms with E-state index in [-0.39, 0.29) is 23.1 Å². The van der Waals surface area contributed by atoms with Crippen molar-refractivity contribution in [3.63, 3.8) is 0 Å². The van der Waals surface area contributed by atoms with Gasteiger partial charge < -0.3 is 4.90 Å². The van der Waals surface area contributed by atoms with Gasteiger partial charge in [-0.3, -0.25) is 14.4 Å². The fourth-order valence-corrected chi connectivity index (χ4v) is 7.57. The van der Waals surface area contributed by atoms with Crippen LogP contribution >= 0.6 is 11.8 Å². The van der Waals surface area contributed by atoms with Crippen molar-refractivity contribution in [1.82, 2.24) is 4.90 Å². The van der Waals surface area contributed by atoms with Crippen LogP contribution in [0, 0.1) is 17.3 Å². The maximum absolute atomic E-state index is 13.4. The quantitative estimate of drug-likeness (QED) is 0.725. The van der Waals surface area contributed by atoms with E-state index < -0.39 is 22.0 Å². The molecule has 4 aliphatic heterocycles. The van der Waals surface area contributed by atoms with E-state index in [9.17, 15) is 14.4 Å². The molecule has 3 amide bonds. The number of fused-ring (bicyclic) bond motifs is 3. The van der Waals surface area contributed by atoms with E-state index in [0.717, 1.165) is 12.8 Å². The zero-order valence-electron chi connectivity index (χ0n) is 14.3. The van der Waals surface area contributed by atoms with E-state index in [0.29, 0.717) is 12.2 Å². The highest BCUT2D eigenvalue weighted by molar-refractivity contribution is 8.02. The van der Waals surface area contributed by atoms with Crippen LogP contribution in [0.5, 0.6) is 0 Å². The van der Waals surface area contributed by atoms with Crippen molar-refractivity contribution >= 4 is 35.2 Å². The molecular weight excluding hydrogens is 336 g/mol. The lowest BCUT2D eigenvalue weighted by molar-refractivity contribution is -0.153. The summed E-state index contributed by atoms with van der Waals surface area (Å²) in [4.78, 5) is 42.1. The topological polar surface area (TPSA) is 57.7 Å². The van der Waals surface area contributed by atoms with Crippen molar-refractivity contribution in [3.8, 4) is 0 Å². The van der Waals surface area contributed by atoms with E-state index >= 15 is 0 Å². The summed E-state index contributed by atoms with van der Waals surface area (Å²) in [5.41, 5.74) is 0.419. The number of hydrogen-bond donors (Lipinski definition) is 0. The molecule has 4 fully saturated rings. The standard InChI is InChI=1S/C19H20N2O3S/c1-18(2)9-6-10-20-17(24)14-12-13(19(18,20)25-14)16(23)21(15(12)22)11-7-4-3-5-8-11/h3-5,7-8,12-14H,6,9-10H2,1-2H3/t12-,13-,14-,19-/m1/s1. The molecule has 4 saturated heterocycles. The van der Waals surface area contributed by atoms with Gasteiger partial charge in [-0.05, 0) is 30.4 Å². The Kier molecular flexibility index (Phi) is 2.88. The monoisotopic (exact) mass is 356 g/mol. The lowest BCUT2D eigenvalue weighted by Crippen LogP contribution is -2.65. The molecule has 2 bridgehead atoms. The Morgan fingerprint density at radius 3 is 2.48 bits per heavy atom. The van der Waals surface area contributed by atoms with E-state index in [1.165, 1.54) is 4.90 Å². The lowest BCUT2D eigenvalue weighted by Gasteiger charge is -2.55. The normalized spacial score (nSPS) is 38.3. The molecule has 1 spiro atoms. The zero-order chi connectivity index (χ0) is 17.6. The van der Waals surface area contributed by atoms with Crippen molar-refractivity contribution < 1.29 is 14.4 Å². The summed E-state index contributed by atoms with van der Waals surface area (Å²) < 4.78 is 0. The van der Waals surface area contributed by atoms with Crippen LogP contribution in [0.1, 0.15) is 26.7 Å². The number of para-hydroxylation sites is 1. The number of imide groups is 1. The van der Waals surface area contributed by atoms with Gasteiger partial charge in [-0.15, -0.1) is 11.8 Å². The van der Waals surface area contributed by atoms with Crippen LogP contribution in [0.2, 0.25) is 0 Å². The molecule has 1 aromatic rings. The zero-order valence-corrected chi connectivity index (χ0v) is 15.1. The molecule has 5 rings (SSSR count). The first-order chi connectivity index (χ1) is 11.9. The van der Waals surface area contributed by atoms with Crippen molar-refractivity contribution in [1.29, 1.82) is 0 Å². The number of nitrogens with zero attached hydrogens (tertiary/aromatic N) is 2. The molecule has 1 aromatic carbocycles. The highest BCUT2D eigenvalue weighted by atomic mass is 32.2. The Hall–Kier alpha value is -1.82. The second-order valence-electron chi connectivity index (χ2n) is 8.06. The van der Waals surface area contributed by atoms with Crippen LogP contribution in [0.25, 0.3) is 0 Å². The number of carbonyl (C=O) groups is 3. The summed E-state index contributed by atoms with van der Waals surface area (Å²) >= 11 is 1.58. The van der Waals surface area contributed by atoms with E-state index in [4.69, 9.17) is 0 Å². The van der Waals surface area contributed by atoms with Crippen LogP contribution in [-0.2, 0) is 14.4 Å². The number of benzene rings is 1. The van der Waals surface area contributed by atoms with Gasteiger partial charge in [-0.1, -0.05) is 32.0 Å². The number of rotatable bonds is 1. The first-order valence-electron chi connectivity index (χ1n) is 8.82. The number of carbonyl (C=O) groups excluding carboxylic acids is 3. The second-order valence-corrected chi connectivity index (χ2v) is 9.43. The Morgan fingerprint density at radius 2 is 1.76 bits per heavy atom. The summed E-state index contributed by atoms with van der Waals surface area (Å²) in [7, 11) is 0. The summed E-state index contributed by atoms with van der Waals surface area (Å²) in [6.07, 6.45) is 1.92. The molecule has 5 nitrogen and oxygen atoms in total. The molecule has 0 aliphatic carbocycles. The van der Waals surface area contributed by atoms with Gasteiger partial charge in [0.15, 0.2) is 0 Å². The molecule has 0 saturated carbocycles. The van der Waals surface area contributed by atoms with Gasteiger partial charge >= 0.3 is 0 Å². The van der Waals surface area contributed by atoms with E-state index in [2.05, 4.69) is 13.8 Å². The third kappa shape index (κ3) is 1.60. The predicted octanol–water partition coefficient (Wildman–Crippen LogP) is 2.27. The molecule has 25 heavy (non-hydrogen) atoms. The molecule has 0 aromatic heterocycles. The maximum atomic E-state index is 13.4. The first kappa shape index (κ1) is 15.4. The summed E-state index contributed by atoms with van der Waals surface area (Å²) in [5.74, 6) is -1.23. The first-order valence-corrected chi connectivity index (χ1v) is 9.70. The summed E-state index contributed by atoms with van der Waals surface area (Å²) in [6.45, 7) is 4.99. The van der Waals surface area contributed by atoms with Crippen molar-refractivity contribution in [2.75, 3.05) is 11.4 Å². The average Bonchev–Trinajstić information content (AvgIpc) is 3.17. The molecule has 0 unspecified atom stereocenters. The van der Waals surface area contributed by atoms with Crippen molar-refractivity contribution in [2.45, 2.75) is 36.8 Å². The van der Waals surface area contributed by atoms with Crippen molar-refractivity contribution in [3.05, 3.63) is 30.3 Å². The SMILES string of the molecule is CC1(C)CCCN2C(=O)[C@@H]3S[C@@]21[C@H]1C(=O)N(c2ccccc2)C(=O)[C@@H]31. The largest absolute Gasteiger partial charge is 0.326 e. The van der Waals surface area contributed by atoms with Crippen LogP contribution in [0.3, 0.4) is 0 Å².